The van der Waals surface area contributed by atoms with Gasteiger partial charge in [-0.05, 0) is 70.6 Å². The van der Waals surface area contributed by atoms with Crippen molar-refractivity contribution < 1.29 is 14.3 Å². The minimum absolute atomic E-state index is 0.377. The SMILES string of the molecule is COc1ccc(/C=C\C(N)=O)cc1COc1ccc(I)cc1. The van der Waals surface area contributed by atoms with Gasteiger partial charge in [0.25, 0.3) is 0 Å². The van der Waals surface area contributed by atoms with Crippen molar-refractivity contribution in [3.05, 3.63) is 63.2 Å². The summed E-state index contributed by atoms with van der Waals surface area (Å²) in [4.78, 5) is 10.8. The predicted molar refractivity (Wildman–Crippen MR) is 94.7 cm³/mol. The van der Waals surface area contributed by atoms with Crippen LogP contribution in [0.3, 0.4) is 0 Å². The Kier molecular flexibility index (Phi) is 5.83. The maximum absolute atomic E-state index is 10.8. The second-order valence-electron chi connectivity index (χ2n) is 4.55. The summed E-state index contributed by atoms with van der Waals surface area (Å²) in [6, 6.07) is 13.4. The minimum atomic E-state index is -0.479. The van der Waals surface area contributed by atoms with E-state index in [1.807, 2.05) is 42.5 Å². The van der Waals surface area contributed by atoms with E-state index in [2.05, 4.69) is 22.6 Å². The standard InChI is InChI=1S/C17H16INO3/c1-21-16-8-2-12(3-9-17(19)20)10-13(16)11-22-15-6-4-14(18)5-7-15/h2-10H,11H2,1H3,(H2,19,20)/b9-3-. The van der Waals surface area contributed by atoms with Crippen LogP contribution in [0.15, 0.2) is 48.5 Å². The van der Waals surface area contributed by atoms with Gasteiger partial charge in [0, 0.05) is 15.2 Å². The molecule has 2 N–H and O–H groups in total. The Balaban J connectivity index is 2.15. The van der Waals surface area contributed by atoms with Crippen molar-refractivity contribution in [2.24, 2.45) is 5.73 Å². The number of amides is 1. The smallest absolute Gasteiger partial charge is 0.241 e. The molecule has 2 rings (SSSR count). The Bertz CT molecular complexity index is 681. The molecule has 5 heteroatoms. The molecule has 0 saturated heterocycles. The van der Waals surface area contributed by atoms with Crippen molar-refractivity contribution in [1.82, 2.24) is 0 Å². The van der Waals surface area contributed by atoms with E-state index in [9.17, 15) is 4.79 Å². The van der Waals surface area contributed by atoms with Gasteiger partial charge in [-0.3, -0.25) is 4.79 Å². The van der Waals surface area contributed by atoms with E-state index in [1.54, 1.807) is 13.2 Å². The number of hydrogen-bond acceptors (Lipinski definition) is 3. The molecule has 0 aliphatic carbocycles. The van der Waals surface area contributed by atoms with Crippen LogP contribution >= 0.6 is 22.6 Å². The van der Waals surface area contributed by atoms with Gasteiger partial charge >= 0.3 is 0 Å². The molecule has 0 fully saturated rings. The number of rotatable bonds is 6. The highest BCUT2D eigenvalue weighted by Gasteiger charge is 2.05. The van der Waals surface area contributed by atoms with Gasteiger partial charge in [-0.15, -0.1) is 0 Å². The van der Waals surface area contributed by atoms with Gasteiger partial charge in [-0.2, -0.15) is 0 Å². The topological polar surface area (TPSA) is 61.5 Å². The van der Waals surface area contributed by atoms with Crippen molar-refractivity contribution in [2.45, 2.75) is 6.61 Å². The highest BCUT2D eigenvalue weighted by Crippen LogP contribution is 2.23. The van der Waals surface area contributed by atoms with Crippen LogP contribution < -0.4 is 15.2 Å². The van der Waals surface area contributed by atoms with E-state index in [4.69, 9.17) is 15.2 Å². The fourth-order valence-electron chi connectivity index (χ4n) is 1.89. The molecule has 2 aromatic rings. The summed E-state index contributed by atoms with van der Waals surface area (Å²) in [5.41, 5.74) is 6.86. The number of halogens is 1. The molecule has 0 heterocycles. The van der Waals surface area contributed by atoms with E-state index >= 15 is 0 Å². The van der Waals surface area contributed by atoms with Crippen LogP contribution in [0.2, 0.25) is 0 Å². The van der Waals surface area contributed by atoms with Gasteiger partial charge in [0.1, 0.15) is 18.1 Å². The van der Waals surface area contributed by atoms with Crippen LogP contribution in [0.1, 0.15) is 11.1 Å². The third kappa shape index (κ3) is 4.77. The highest BCUT2D eigenvalue weighted by molar-refractivity contribution is 14.1. The molecule has 0 bridgehead atoms. The summed E-state index contributed by atoms with van der Waals surface area (Å²) in [6.07, 6.45) is 2.99. The van der Waals surface area contributed by atoms with Crippen molar-refractivity contribution in [2.75, 3.05) is 7.11 Å². The first-order valence-electron chi connectivity index (χ1n) is 6.61. The van der Waals surface area contributed by atoms with Gasteiger partial charge < -0.3 is 15.2 Å². The van der Waals surface area contributed by atoms with Crippen molar-refractivity contribution in [3.8, 4) is 11.5 Å². The molecular weight excluding hydrogens is 393 g/mol. The van der Waals surface area contributed by atoms with Gasteiger partial charge in [0.15, 0.2) is 0 Å². The van der Waals surface area contributed by atoms with Gasteiger partial charge in [-0.25, -0.2) is 0 Å². The summed E-state index contributed by atoms with van der Waals surface area (Å²) in [5.74, 6) is 1.05. The van der Waals surface area contributed by atoms with E-state index in [1.165, 1.54) is 6.08 Å². The number of carbonyl (C=O) groups is 1. The summed E-state index contributed by atoms with van der Waals surface area (Å²) < 4.78 is 12.3. The second-order valence-corrected chi connectivity index (χ2v) is 5.80. The molecule has 0 atom stereocenters. The molecule has 0 saturated carbocycles. The molecule has 22 heavy (non-hydrogen) atoms. The zero-order valence-corrected chi connectivity index (χ0v) is 14.2. The molecule has 0 radical (unpaired) electrons. The van der Waals surface area contributed by atoms with Crippen LogP contribution in [0.4, 0.5) is 0 Å². The van der Waals surface area contributed by atoms with Gasteiger partial charge in [-0.1, -0.05) is 6.07 Å². The second kappa shape index (κ2) is 7.84. The summed E-state index contributed by atoms with van der Waals surface area (Å²) >= 11 is 2.25. The first kappa shape index (κ1) is 16.4. The van der Waals surface area contributed by atoms with Crippen molar-refractivity contribution in [3.63, 3.8) is 0 Å². The third-order valence-corrected chi connectivity index (χ3v) is 3.67. The van der Waals surface area contributed by atoms with Crippen LogP contribution in [-0.2, 0) is 11.4 Å². The van der Waals surface area contributed by atoms with Gasteiger partial charge in [0.05, 0.1) is 7.11 Å². The van der Waals surface area contributed by atoms with Crippen molar-refractivity contribution in [1.29, 1.82) is 0 Å². The minimum Gasteiger partial charge on any atom is -0.496 e. The molecule has 0 unspecified atom stereocenters. The fourth-order valence-corrected chi connectivity index (χ4v) is 2.24. The number of ether oxygens (including phenoxy) is 2. The van der Waals surface area contributed by atoms with E-state index in [-0.39, 0.29) is 0 Å². The monoisotopic (exact) mass is 409 g/mol. The lowest BCUT2D eigenvalue weighted by atomic mass is 10.1. The molecule has 0 aliphatic rings. The first-order valence-corrected chi connectivity index (χ1v) is 7.69. The molecule has 2 aromatic carbocycles. The molecule has 4 nitrogen and oxygen atoms in total. The van der Waals surface area contributed by atoms with Crippen LogP contribution in [0.5, 0.6) is 11.5 Å². The van der Waals surface area contributed by atoms with E-state index in [0.717, 1.165) is 26.2 Å². The molecular formula is C17H16INO3. The number of hydrogen-bond donors (Lipinski definition) is 1. The zero-order valence-electron chi connectivity index (χ0n) is 12.1. The number of primary amides is 1. The Morgan fingerprint density at radius 1 is 1.23 bits per heavy atom. The van der Waals surface area contributed by atoms with Gasteiger partial charge in [0.2, 0.25) is 5.91 Å². The quantitative estimate of drug-likeness (QED) is 0.588. The van der Waals surface area contributed by atoms with Crippen LogP contribution in [0.25, 0.3) is 6.08 Å². The van der Waals surface area contributed by atoms with Crippen LogP contribution in [-0.4, -0.2) is 13.0 Å². The Labute approximate surface area is 143 Å². The maximum atomic E-state index is 10.8. The third-order valence-electron chi connectivity index (χ3n) is 2.95. The normalized spacial score (nSPS) is 10.6. The lowest BCUT2D eigenvalue weighted by molar-refractivity contribution is -0.113. The largest absolute Gasteiger partial charge is 0.496 e. The first-order chi connectivity index (χ1) is 10.6. The number of nitrogens with two attached hydrogens (primary N) is 1. The molecule has 114 valence electrons. The average Bonchev–Trinajstić information content (AvgIpc) is 2.52. The fraction of sp³-hybridized carbons (Fsp3) is 0.118. The molecule has 1 amide bonds. The average molecular weight is 409 g/mol. The Morgan fingerprint density at radius 2 is 1.95 bits per heavy atom. The number of carbonyl (C=O) groups excluding carboxylic acids is 1. The lowest BCUT2D eigenvalue weighted by Crippen LogP contribution is -2.05. The Morgan fingerprint density at radius 3 is 2.59 bits per heavy atom. The number of benzene rings is 2. The number of methoxy groups -OCH3 is 1. The van der Waals surface area contributed by atoms with E-state index < -0.39 is 5.91 Å². The van der Waals surface area contributed by atoms with Crippen molar-refractivity contribution >= 4 is 34.6 Å². The molecule has 0 spiro atoms. The lowest BCUT2D eigenvalue weighted by Gasteiger charge is -2.11. The molecule has 0 aromatic heterocycles. The highest BCUT2D eigenvalue weighted by atomic mass is 127. The van der Waals surface area contributed by atoms with E-state index in [0.29, 0.717) is 6.61 Å². The maximum Gasteiger partial charge on any atom is 0.241 e. The summed E-state index contributed by atoms with van der Waals surface area (Å²) in [5, 5.41) is 0. The Hall–Kier alpha value is -2.02. The summed E-state index contributed by atoms with van der Waals surface area (Å²) in [7, 11) is 1.61. The summed E-state index contributed by atoms with van der Waals surface area (Å²) in [6.45, 7) is 0.377. The zero-order chi connectivity index (χ0) is 15.9. The predicted octanol–water partition coefficient (Wildman–Crippen LogP) is 3.38. The molecule has 0 aliphatic heterocycles. The van der Waals surface area contributed by atoms with Crippen LogP contribution in [0, 0.1) is 3.57 Å².